The Labute approximate surface area is 122 Å². The van der Waals surface area contributed by atoms with Crippen LogP contribution in [0, 0.1) is 11.6 Å². The van der Waals surface area contributed by atoms with Crippen molar-refractivity contribution >= 4 is 27.5 Å². The molecule has 3 nitrogen and oxygen atoms in total. The highest BCUT2D eigenvalue weighted by Gasteiger charge is 2.11. The molecule has 0 spiro atoms. The zero-order valence-corrected chi connectivity index (χ0v) is 12.0. The first-order chi connectivity index (χ1) is 9.51. The summed E-state index contributed by atoms with van der Waals surface area (Å²) in [5.41, 5.74) is 0.241. The van der Waals surface area contributed by atoms with Crippen LogP contribution in [0.15, 0.2) is 40.9 Å². The number of hydrogen-bond donors (Lipinski definition) is 1. The summed E-state index contributed by atoms with van der Waals surface area (Å²) in [7, 11) is 1.51. The van der Waals surface area contributed by atoms with Gasteiger partial charge in [-0.1, -0.05) is 0 Å². The van der Waals surface area contributed by atoms with Crippen molar-refractivity contribution in [3.05, 3.63) is 58.1 Å². The number of ether oxygens (including phenoxy) is 1. The number of carbonyl (C=O) groups is 1. The zero-order chi connectivity index (χ0) is 14.7. The first-order valence-corrected chi connectivity index (χ1v) is 6.40. The van der Waals surface area contributed by atoms with E-state index in [9.17, 15) is 13.6 Å². The van der Waals surface area contributed by atoms with E-state index < -0.39 is 17.5 Å². The highest BCUT2D eigenvalue weighted by Crippen LogP contribution is 2.26. The molecule has 0 unspecified atom stereocenters. The molecule has 0 aliphatic rings. The van der Waals surface area contributed by atoms with Gasteiger partial charge in [0.25, 0.3) is 5.91 Å². The zero-order valence-electron chi connectivity index (χ0n) is 10.4. The summed E-state index contributed by atoms with van der Waals surface area (Å²) >= 11 is 3.26. The molecule has 20 heavy (non-hydrogen) atoms. The Bertz CT molecular complexity index is 662. The molecule has 6 heteroatoms. The molecule has 2 rings (SSSR count). The summed E-state index contributed by atoms with van der Waals surface area (Å²) in [6.07, 6.45) is 0. The van der Waals surface area contributed by atoms with E-state index in [1.165, 1.54) is 13.2 Å². The molecule has 0 radical (unpaired) electrons. The predicted molar refractivity (Wildman–Crippen MR) is 75.0 cm³/mol. The Morgan fingerprint density at radius 3 is 2.55 bits per heavy atom. The third kappa shape index (κ3) is 3.14. The van der Waals surface area contributed by atoms with Crippen LogP contribution < -0.4 is 10.1 Å². The highest BCUT2D eigenvalue weighted by molar-refractivity contribution is 9.10. The van der Waals surface area contributed by atoms with Crippen LogP contribution in [0.3, 0.4) is 0 Å². The molecule has 104 valence electrons. The van der Waals surface area contributed by atoms with Gasteiger partial charge < -0.3 is 10.1 Å². The molecule has 0 atom stereocenters. The molecule has 0 bridgehead atoms. The van der Waals surface area contributed by atoms with Gasteiger partial charge in [0.05, 0.1) is 17.3 Å². The lowest BCUT2D eigenvalue weighted by Crippen LogP contribution is -2.13. The molecule has 2 aromatic carbocycles. The molecule has 1 amide bonds. The van der Waals surface area contributed by atoms with Crippen LogP contribution in [-0.2, 0) is 0 Å². The smallest absolute Gasteiger partial charge is 0.255 e. The van der Waals surface area contributed by atoms with Gasteiger partial charge in [-0.3, -0.25) is 4.79 Å². The average molecular weight is 342 g/mol. The minimum absolute atomic E-state index is 0.0802. The van der Waals surface area contributed by atoms with E-state index in [1.807, 2.05) is 0 Å². The van der Waals surface area contributed by atoms with Gasteiger partial charge in [-0.2, -0.15) is 0 Å². The quantitative estimate of drug-likeness (QED) is 0.916. The minimum atomic E-state index is -0.828. The average Bonchev–Trinajstić information content (AvgIpc) is 2.41. The molecule has 0 heterocycles. The maximum atomic E-state index is 13.4. The molecule has 0 saturated carbocycles. The normalized spacial score (nSPS) is 10.2. The van der Waals surface area contributed by atoms with Gasteiger partial charge in [-0.25, -0.2) is 8.78 Å². The molecule has 1 N–H and O–H groups in total. The van der Waals surface area contributed by atoms with Crippen LogP contribution in [0.1, 0.15) is 10.4 Å². The number of carbonyl (C=O) groups excluding carboxylic acids is 1. The molecule has 0 aliphatic heterocycles. The van der Waals surface area contributed by atoms with Crippen molar-refractivity contribution in [2.45, 2.75) is 0 Å². The summed E-state index contributed by atoms with van der Waals surface area (Å²) in [5.74, 6) is -1.45. The number of nitrogens with one attached hydrogen (secondary N) is 1. The van der Waals surface area contributed by atoms with E-state index in [0.29, 0.717) is 21.9 Å². The van der Waals surface area contributed by atoms with Crippen molar-refractivity contribution in [3.63, 3.8) is 0 Å². The molecular weight excluding hydrogens is 332 g/mol. The predicted octanol–water partition coefficient (Wildman–Crippen LogP) is 3.99. The second kappa shape index (κ2) is 6.00. The lowest BCUT2D eigenvalue weighted by Gasteiger charge is -2.08. The number of halogens is 3. The number of amides is 1. The first-order valence-electron chi connectivity index (χ1n) is 5.61. The van der Waals surface area contributed by atoms with E-state index >= 15 is 0 Å². The Balaban J connectivity index is 2.21. The third-order valence-corrected chi connectivity index (χ3v) is 3.21. The van der Waals surface area contributed by atoms with Crippen molar-refractivity contribution in [2.24, 2.45) is 0 Å². The van der Waals surface area contributed by atoms with Crippen LogP contribution in [0.2, 0.25) is 0 Å². The lowest BCUT2D eigenvalue weighted by atomic mass is 10.2. The van der Waals surface area contributed by atoms with Crippen molar-refractivity contribution < 1.29 is 18.3 Å². The monoisotopic (exact) mass is 341 g/mol. The second-order valence-corrected chi connectivity index (χ2v) is 4.78. The fourth-order valence-electron chi connectivity index (χ4n) is 1.59. The van der Waals surface area contributed by atoms with Crippen LogP contribution in [0.4, 0.5) is 14.5 Å². The van der Waals surface area contributed by atoms with Gasteiger partial charge >= 0.3 is 0 Å². The summed E-state index contributed by atoms with van der Waals surface area (Å²) in [6, 6.07) is 7.65. The van der Waals surface area contributed by atoms with E-state index in [2.05, 4.69) is 21.2 Å². The van der Waals surface area contributed by atoms with E-state index in [1.54, 1.807) is 18.2 Å². The van der Waals surface area contributed by atoms with Crippen molar-refractivity contribution in [1.82, 2.24) is 0 Å². The van der Waals surface area contributed by atoms with Gasteiger partial charge in [0, 0.05) is 11.6 Å². The Morgan fingerprint density at radius 1 is 1.20 bits per heavy atom. The molecular formula is C14H10BrF2NO2. The Kier molecular flexibility index (Phi) is 4.34. The summed E-state index contributed by atoms with van der Waals surface area (Å²) in [5, 5.41) is 2.38. The molecule has 0 saturated heterocycles. The number of hydrogen-bond acceptors (Lipinski definition) is 2. The van der Waals surface area contributed by atoms with E-state index in [0.717, 1.165) is 6.07 Å². The van der Waals surface area contributed by atoms with Gasteiger partial charge in [0.2, 0.25) is 0 Å². The molecule has 0 fully saturated rings. The van der Waals surface area contributed by atoms with E-state index in [-0.39, 0.29) is 5.69 Å². The van der Waals surface area contributed by atoms with Gasteiger partial charge in [-0.15, -0.1) is 0 Å². The van der Waals surface area contributed by atoms with Crippen molar-refractivity contribution in [3.8, 4) is 5.75 Å². The number of anilines is 1. The van der Waals surface area contributed by atoms with Crippen molar-refractivity contribution in [1.29, 1.82) is 0 Å². The van der Waals surface area contributed by atoms with Gasteiger partial charge in [-0.05, 0) is 46.3 Å². The maximum absolute atomic E-state index is 13.4. The number of benzene rings is 2. The van der Waals surface area contributed by atoms with Gasteiger partial charge in [0.1, 0.15) is 17.4 Å². The van der Waals surface area contributed by atoms with Crippen molar-refractivity contribution in [2.75, 3.05) is 12.4 Å². The summed E-state index contributed by atoms with van der Waals surface area (Å²) < 4.78 is 31.9. The fourth-order valence-corrected chi connectivity index (χ4v) is 2.13. The van der Waals surface area contributed by atoms with Crippen LogP contribution in [0.25, 0.3) is 0 Å². The first kappa shape index (κ1) is 14.5. The minimum Gasteiger partial charge on any atom is -0.496 e. The third-order valence-electron chi connectivity index (χ3n) is 2.59. The lowest BCUT2D eigenvalue weighted by molar-refractivity contribution is 0.102. The molecule has 2 aromatic rings. The maximum Gasteiger partial charge on any atom is 0.255 e. The van der Waals surface area contributed by atoms with Crippen LogP contribution >= 0.6 is 15.9 Å². The van der Waals surface area contributed by atoms with E-state index in [4.69, 9.17) is 4.74 Å². The second-order valence-electron chi connectivity index (χ2n) is 3.93. The molecule has 0 aliphatic carbocycles. The number of methoxy groups -OCH3 is 1. The largest absolute Gasteiger partial charge is 0.496 e. The fraction of sp³-hybridized carbons (Fsp3) is 0.0714. The van der Waals surface area contributed by atoms with Crippen LogP contribution in [-0.4, -0.2) is 13.0 Å². The summed E-state index contributed by atoms with van der Waals surface area (Å²) in [6.45, 7) is 0. The Morgan fingerprint density at radius 2 is 1.95 bits per heavy atom. The molecule has 0 aromatic heterocycles. The van der Waals surface area contributed by atoms with Crippen LogP contribution in [0.5, 0.6) is 5.75 Å². The van der Waals surface area contributed by atoms with Gasteiger partial charge in [0.15, 0.2) is 0 Å². The highest BCUT2D eigenvalue weighted by atomic mass is 79.9. The standard InChI is InChI=1S/C14H10BrF2NO2/c1-20-13-5-2-8(6-10(13)15)14(19)18-12-4-3-9(16)7-11(12)17/h2-7H,1H3,(H,18,19). The SMILES string of the molecule is COc1ccc(C(=O)Nc2ccc(F)cc2F)cc1Br. The topological polar surface area (TPSA) is 38.3 Å². The number of rotatable bonds is 3. The Hall–Kier alpha value is -1.95. The summed E-state index contributed by atoms with van der Waals surface area (Å²) in [4.78, 5) is 12.0.